The van der Waals surface area contributed by atoms with Crippen molar-refractivity contribution in [2.24, 2.45) is 0 Å². The minimum Gasteiger partial charge on any atom is -0.506 e. The molecule has 2 aromatic rings. The number of benzene rings is 1. The number of aromatic hydroxyl groups is 1. The second-order valence-electron chi connectivity index (χ2n) is 5.27. The summed E-state index contributed by atoms with van der Waals surface area (Å²) in [6.45, 7) is 4.38. The van der Waals surface area contributed by atoms with Crippen molar-refractivity contribution in [2.45, 2.75) is 32.6 Å². The standard InChI is InChI=1S/C15H18ClN3O3/c1-9(2)15-18-13(19-22-15)5-6-17-14(21)8-10-3-4-12(20)11(16)7-10/h3-4,7,9,20H,5-6,8H2,1-2H3,(H,17,21). The van der Waals surface area contributed by atoms with E-state index < -0.39 is 0 Å². The summed E-state index contributed by atoms with van der Waals surface area (Å²) in [6, 6.07) is 4.71. The molecule has 0 aliphatic heterocycles. The SMILES string of the molecule is CC(C)c1nc(CCNC(=O)Cc2ccc(O)c(Cl)c2)no1. The van der Waals surface area contributed by atoms with Crippen LogP contribution in [0.15, 0.2) is 22.7 Å². The highest BCUT2D eigenvalue weighted by Gasteiger charge is 2.10. The fourth-order valence-corrected chi connectivity index (χ4v) is 2.03. The van der Waals surface area contributed by atoms with Crippen LogP contribution < -0.4 is 5.32 Å². The van der Waals surface area contributed by atoms with Gasteiger partial charge in [-0.05, 0) is 17.7 Å². The van der Waals surface area contributed by atoms with Crippen LogP contribution >= 0.6 is 11.6 Å². The minimum atomic E-state index is -0.130. The van der Waals surface area contributed by atoms with E-state index in [1.807, 2.05) is 13.8 Å². The molecule has 0 saturated heterocycles. The van der Waals surface area contributed by atoms with E-state index in [1.165, 1.54) is 6.07 Å². The quantitative estimate of drug-likeness (QED) is 0.852. The molecule has 0 radical (unpaired) electrons. The Morgan fingerprint density at radius 1 is 1.45 bits per heavy atom. The van der Waals surface area contributed by atoms with Crippen LogP contribution in [-0.2, 0) is 17.6 Å². The number of phenolic OH excluding ortho intramolecular Hbond substituents is 1. The maximum absolute atomic E-state index is 11.8. The predicted molar refractivity (Wildman–Crippen MR) is 81.9 cm³/mol. The number of carbonyl (C=O) groups is 1. The van der Waals surface area contributed by atoms with Crippen LogP contribution in [0, 0.1) is 0 Å². The zero-order valence-corrected chi connectivity index (χ0v) is 13.2. The highest BCUT2D eigenvalue weighted by molar-refractivity contribution is 6.32. The minimum absolute atomic E-state index is 0.00360. The van der Waals surface area contributed by atoms with E-state index in [0.29, 0.717) is 24.7 Å². The highest BCUT2D eigenvalue weighted by Crippen LogP contribution is 2.23. The number of aromatic nitrogens is 2. The van der Waals surface area contributed by atoms with E-state index in [9.17, 15) is 9.90 Å². The summed E-state index contributed by atoms with van der Waals surface area (Å²) < 4.78 is 5.09. The maximum Gasteiger partial charge on any atom is 0.229 e. The van der Waals surface area contributed by atoms with Gasteiger partial charge >= 0.3 is 0 Å². The first-order chi connectivity index (χ1) is 10.5. The van der Waals surface area contributed by atoms with Gasteiger partial charge in [0.1, 0.15) is 5.75 Å². The van der Waals surface area contributed by atoms with Crippen molar-refractivity contribution in [1.82, 2.24) is 15.5 Å². The number of nitrogens with zero attached hydrogens (tertiary/aromatic N) is 2. The largest absolute Gasteiger partial charge is 0.506 e. The molecule has 22 heavy (non-hydrogen) atoms. The van der Waals surface area contributed by atoms with Crippen molar-refractivity contribution >= 4 is 17.5 Å². The molecule has 7 heteroatoms. The number of halogens is 1. The van der Waals surface area contributed by atoms with Crippen molar-refractivity contribution < 1.29 is 14.4 Å². The zero-order chi connectivity index (χ0) is 16.1. The Hall–Kier alpha value is -2.08. The molecule has 0 spiro atoms. The number of hydrogen-bond donors (Lipinski definition) is 2. The van der Waals surface area contributed by atoms with Crippen molar-refractivity contribution in [2.75, 3.05) is 6.54 Å². The predicted octanol–water partition coefficient (Wildman–Crippen LogP) is 2.45. The molecule has 118 valence electrons. The molecule has 6 nitrogen and oxygen atoms in total. The summed E-state index contributed by atoms with van der Waals surface area (Å²) in [7, 11) is 0. The fourth-order valence-electron chi connectivity index (χ4n) is 1.83. The molecule has 0 saturated carbocycles. The molecular weight excluding hydrogens is 306 g/mol. The molecule has 2 N–H and O–H groups in total. The Bertz CT molecular complexity index is 655. The van der Waals surface area contributed by atoms with Gasteiger partial charge in [0, 0.05) is 18.9 Å². The first-order valence-corrected chi connectivity index (χ1v) is 7.40. The third-order valence-corrected chi connectivity index (χ3v) is 3.33. The average molecular weight is 324 g/mol. The van der Waals surface area contributed by atoms with Crippen LogP contribution in [0.25, 0.3) is 0 Å². The van der Waals surface area contributed by atoms with Crippen LogP contribution in [0.2, 0.25) is 5.02 Å². The van der Waals surface area contributed by atoms with Crippen molar-refractivity contribution in [3.63, 3.8) is 0 Å². The summed E-state index contributed by atoms with van der Waals surface area (Å²) in [5, 5.41) is 16.2. The maximum atomic E-state index is 11.8. The molecule has 1 amide bonds. The summed E-state index contributed by atoms with van der Waals surface area (Å²) in [4.78, 5) is 16.1. The van der Waals surface area contributed by atoms with E-state index in [-0.39, 0.29) is 29.0 Å². The molecule has 0 aliphatic carbocycles. The molecule has 0 bridgehead atoms. The van der Waals surface area contributed by atoms with Crippen LogP contribution in [0.4, 0.5) is 0 Å². The summed E-state index contributed by atoms with van der Waals surface area (Å²) in [5.41, 5.74) is 0.738. The lowest BCUT2D eigenvalue weighted by Gasteiger charge is -2.05. The van der Waals surface area contributed by atoms with Gasteiger partial charge in [-0.3, -0.25) is 4.79 Å². The second-order valence-corrected chi connectivity index (χ2v) is 5.67. The van der Waals surface area contributed by atoms with E-state index in [1.54, 1.807) is 12.1 Å². The Morgan fingerprint density at radius 2 is 2.23 bits per heavy atom. The Balaban J connectivity index is 1.78. The molecule has 0 aliphatic rings. The second kappa shape index (κ2) is 7.26. The number of carbonyl (C=O) groups excluding carboxylic acids is 1. The Morgan fingerprint density at radius 3 is 2.86 bits per heavy atom. The zero-order valence-electron chi connectivity index (χ0n) is 12.5. The molecule has 0 unspecified atom stereocenters. The van der Waals surface area contributed by atoms with Gasteiger partial charge in [0.2, 0.25) is 11.8 Å². The van der Waals surface area contributed by atoms with Crippen LogP contribution in [0.3, 0.4) is 0 Å². The summed E-state index contributed by atoms with van der Waals surface area (Å²) in [5.74, 6) is 1.24. The number of rotatable bonds is 6. The van der Waals surface area contributed by atoms with Gasteiger partial charge in [-0.2, -0.15) is 4.98 Å². The first kappa shape index (κ1) is 16.3. The van der Waals surface area contributed by atoms with Crippen molar-refractivity contribution in [3.05, 3.63) is 40.5 Å². The van der Waals surface area contributed by atoms with E-state index in [2.05, 4.69) is 15.5 Å². The van der Waals surface area contributed by atoms with E-state index >= 15 is 0 Å². The van der Waals surface area contributed by atoms with Gasteiger partial charge in [-0.15, -0.1) is 0 Å². The van der Waals surface area contributed by atoms with Gasteiger partial charge in [0.05, 0.1) is 11.4 Å². The highest BCUT2D eigenvalue weighted by atomic mass is 35.5. The molecule has 1 aromatic carbocycles. The van der Waals surface area contributed by atoms with Crippen LogP contribution in [0.1, 0.15) is 37.0 Å². The average Bonchev–Trinajstić information content (AvgIpc) is 2.92. The van der Waals surface area contributed by atoms with Gasteiger partial charge in [0.25, 0.3) is 0 Å². The number of nitrogens with one attached hydrogen (secondary N) is 1. The first-order valence-electron chi connectivity index (χ1n) is 7.02. The van der Waals surface area contributed by atoms with E-state index in [4.69, 9.17) is 16.1 Å². The lowest BCUT2D eigenvalue weighted by molar-refractivity contribution is -0.120. The lowest BCUT2D eigenvalue weighted by Crippen LogP contribution is -2.27. The summed E-state index contributed by atoms with van der Waals surface area (Å²) >= 11 is 5.80. The normalized spacial score (nSPS) is 10.9. The molecule has 0 atom stereocenters. The van der Waals surface area contributed by atoms with Gasteiger partial charge in [-0.25, -0.2) is 0 Å². The Kier molecular flexibility index (Phi) is 5.38. The van der Waals surface area contributed by atoms with Gasteiger partial charge in [-0.1, -0.05) is 36.7 Å². The molecular formula is C15H18ClN3O3. The smallest absolute Gasteiger partial charge is 0.229 e. The Labute approximate surface area is 133 Å². The van der Waals surface area contributed by atoms with E-state index in [0.717, 1.165) is 5.56 Å². The molecule has 2 rings (SSSR count). The fraction of sp³-hybridized carbons (Fsp3) is 0.400. The molecule has 1 aromatic heterocycles. The summed E-state index contributed by atoms with van der Waals surface area (Å²) in [6.07, 6.45) is 0.710. The van der Waals surface area contributed by atoms with Gasteiger partial charge in [0.15, 0.2) is 5.82 Å². The third kappa shape index (κ3) is 4.46. The monoisotopic (exact) mass is 323 g/mol. The lowest BCUT2D eigenvalue weighted by atomic mass is 10.1. The van der Waals surface area contributed by atoms with Crippen LogP contribution in [0.5, 0.6) is 5.75 Å². The number of phenols is 1. The number of amides is 1. The van der Waals surface area contributed by atoms with Crippen molar-refractivity contribution in [3.8, 4) is 5.75 Å². The number of hydrogen-bond acceptors (Lipinski definition) is 5. The van der Waals surface area contributed by atoms with Crippen LogP contribution in [-0.4, -0.2) is 27.7 Å². The van der Waals surface area contributed by atoms with Crippen molar-refractivity contribution in [1.29, 1.82) is 0 Å². The molecule has 1 heterocycles. The molecule has 0 fully saturated rings. The third-order valence-electron chi connectivity index (χ3n) is 3.03. The topological polar surface area (TPSA) is 88.2 Å². The van der Waals surface area contributed by atoms with Gasteiger partial charge < -0.3 is 14.9 Å².